The average molecular weight is 302 g/mol. The number of hydrogen-bond acceptors (Lipinski definition) is 3. The van der Waals surface area contributed by atoms with E-state index >= 15 is 0 Å². The molecule has 0 spiro atoms. The van der Waals surface area contributed by atoms with E-state index in [1.807, 2.05) is 43.0 Å². The monoisotopic (exact) mass is 302 g/mol. The molecule has 0 bridgehead atoms. The fraction of sp³-hybridized carbons (Fsp3) is 0.312. The normalized spacial score (nSPS) is 18.0. The molecule has 2 heterocycles. The third-order valence-corrected chi connectivity index (χ3v) is 4.78. The summed E-state index contributed by atoms with van der Waals surface area (Å²) >= 11 is 1.73. The van der Waals surface area contributed by atoms with Gasteiger partial charge >= 0.3 is 6.03 Å². The number of nitrogens with one attached hydrogen (secondary N) is 1. The van der Waals surface area contributed by atoms with E-state index in [-0.39, 0.29) is 11.4 Å². The highest BCUT2D eigenvalue weighted by Gasteiger charge is 2.32. The van der Waals surface area contributed by atoms with Crippen LogP contribution in [0.1, 0.15) is 22.3 Å². The number of hydrogen-bond donors (Lipinski definition) is 1. The smallest absolute Gasteiger partial charge is 0.323 e. The van der Waals surface area contributed by atoms with Gasteiger partial charge in [-0.05, 0) is 37.6 Å². The van der Waals surface area contributed by atoms with Gasteiger partial charge in [-0.25, -0.2) is 4.79 Å². The Labute approximate surface area is 128 Å². The van der Waals surface area contributed by atoms with Crippen molar-refractivity contribution in [2.24, 2.45) is 0 Å². The number of amides is 2. The van der Waals surface area contributed by atoms with Gasteiger partial charge in [0, 0.05) is 18.0 Å². The van der Waals surface area contributed by atoms with Crippen molar-refractivity contribution >= 4 is 23.5 Å². The Bertz CT molecular complexity index is 640. The van der Waals surface area contributed by atoms with Gasteiger partial charge in [0.1, 0.15) is 11.1 Å². The minimum atomic E-state index is -0.0756. The lowest BCUT2D eigenvalue weighted by Gasteiger charge is -2.23. The lowest BCUT2D eigenvalue weighted by Crippen LogP contribution is -2.34. The second-order valence-electron chi connectivity index (χ2n) is 5.18. The summed E-state index contributed by atoms with van der Waals surface area (Å²) < 4.78 is 5.44. The zero-order chi connectivity index (χ0) is 14.8. The molecule has 1 aromatic heterocycles. The van der Waals surface area contributed by atoms with E-state index < -0.39 is 0 Å². The van der Waals surface area contributed by atoms with E-state index in [0.717, 1.165) is 29.3 Å². The summed E-state index contributed by atoms with van der Waals surface area (Å²) in [7, 11) is 0. The third-order valence-electron chi connectivity index (χ3n) is 3.56. The number of aryl methyl sites for hydroxylation is 2. The Kier molecular flexibility index (Phi) is 3.92. The maximum absolute atomic E-state index is 12.5. The van der Waals surface area contributed by atoms with Crippen LogP contribution >= 0.6 is 11.8 Å². The van der Waals surface area contributed by atoms with Gasteiger partial charge in [0.05, 0.1) is 6.26 Å². The van der Waals surface area contributed by atoms with Gasteiger partial charge in [0.25, 0.3) is 0 Å². The number of urea groups is 1. The van der Waals surface area contributed by atoms with Gasteiger partial charge in [-0.2, -0.15) is 0 Å². The number of nitrogens with zero attached hydrogens (tertiary/aromatic N) is 1. The molecule has 1 unspecified atom stereocenters. The van der Waals surface area contributed by atoms with Crippen molar-refractivity contribution in [3.8, 4) is 0 Å². The molecular weight excluding hydrogens is 284 g/mol. The van der Waals surface area contributed by atoms with Crippen molar-refractivity contribution in [1.29, 1.82) is 0 Å². The van der Waals surface area contributed by atoms with Gasteiger partial charge in [0.2, 0.25) is 0 Å². The first-order chi connectivity index (χ1) is 10.1. The molecule has 0 aliphatic carbocycles. The molecule has 1 saturated heterocycles. The van der Waals surface area contributed by atoms with Crippen molar-refractivity contribution in [2.75, 3.05) is 17.6 Å². The molecule has 4 nitrogen and oxygen atoms in total. The molecule has 1 fully saturated rings. The zero-order valence-electron chi connectivity index (χ0n) is 12.1. The summed E-state index contributed by atoms with van der Waals surface area (Å²) in [4.78, 5) is 14.3. The molecule has 1 aliphatic heterocycles. The average Bonchev–Trinajstić information content (AvgIpc) is 3.10. The van der Waals surface area contributed by atoms with E-state index in [1.165, 1.54) is 5.56 Å². The largest absolute Gasteiger partial charge is 0.466 e. The second-order valence-corrected chi connectivity index (χ2v) is 6.37. The van der Waals surface area contributed by atoms with E-state index in [4.69, 9.17) is 4.42 Å². The van der Waals surface area contributed by atoms with Gasteiger partial charge in [-0.1, -0.05) is 17.7 Å². The maximum atomic E-state index is 12.5. The van der Waals surface area contributed by atoms with Crippen LogP contribution in [0.5, 0.6) is 0 Å². The number of thioether (sulfide) groups is 1. The van der Waals surface area contributed by atoms with Crippen LogP contribution in [0.4, 0.5) is 10.5 Å². The summed E-state index contributed by atoms with van der Waals surface area (Å²) in [6, 6.07) is 9.72. The molecule has 21 heavy (non-hydrogen) atoms. The fourth-order valence-corrected chi connectivity index (χ4v) is 3.69. The predicted molar refractivity (Wildman–Crippen MR) is 85.5 cm³/mol. The van der Waals surface area contributed by atoms with Crippen LogP contribution in [-0.4, -0.2) is 23.2 Å². The van der Waals surface area contributed by atoms with Gasteiger partial charge < -0.3 is 14.6 Å². The first-order valence-electron chi connectivity index (χ1n) is 6.95. The van der Waals surface area contributed by atoms with Crippen LogP contribution in [0.25, 0.3) is 0 Å². The molecule has 110 valence electrons. The number of benzene rings is 1. The Balaban J connectivity index is 1.75. The molecule has 3 rings (SSSR count). The molecule has 2 amide bonds. The Morgan fingerprint density at radius 3 is 2.95 bits per heavy atom. The Morgan fingerprint density at radius 2 is 2.24 bits per heavy atom. The lowest BCUT2D eigenvalue weighted by molar-refractivity contribution is 0.209. The molecule has 0 saturated carbocycles. The van der Waals surface area contributed by atoms with Crippen LogP contribution < -0.4 is 5.32 Å². The fourth-order valence-electron chi connectivity index (χ4n) is 2.49. The van der Waals surface area contributed by atoms with Gasteiger partial charge in [-0.15, -0.1) is 11.8 Å². The molecule has 1 aliphatic rings. The third kappa shape index (κ3) is 2.93. The lowest BCUT2D eigenvalue weighted by atomic mass is 10.1. The van der Waals surface area contributed by atoms with Crippen LogP contribution in [0.2, 0.25) is 0 Å². The molecule has 0 radical (unpaired) electrons. The maximum Gasteiger partial charge on any atom is 0.323 e. The zero-order valence-corrected chi connectivity index (χ0v) is 12.9. The van der Waals surface area contributed by atoms with E-state index in [9.17, 15) is 4.79 Å². The van der Waals surface area contributed by atoms with Crippen molar-refractivity contribution in [2.45, 2.75) is 19.2 Å². The molecule has 1 N–H and O–H groups in total. The number of anilines is 1. The SMILES string of the molecule is Cc1ccc(NC(=O)N2CCSC2c2ccco2)c(C)c1. The molecule has 1 aromatic carbocycles. The van der Waals surface area contributed by atoms with Crippen LogP contribution in [0.3, 0.4) is 0 Å². The predicted octanol–water partition coefficient (Wildman–Crippen LogP) is 4.18. The summed E-state index contributed by atoms with van der Waals surface area (Å²) in [5.74, 6) is 1.75. The topological polar surface area (TPSA) is 45.5 Å². The van der Waals surface area contributed by atoms with Crippen molar-refractivity contribution < 1.29 is 9.21 Å². The molecule has 2 aromatic rings. The number of carbonyl (C=O) groups excluding carboxylic acids is 1. The van der Waals surface area contributed by atoms with Crippen LogP contribution in [0.15, 0.2) is 41.0 Å². The first kappa shape index (κ1) is 14.1. The molecular formula is C16H18N2O2S. The van der Waals surface area contributed by atoms with Crippen molar-refractivity contribution in [3.63, 3.8) is 0 Å². The highest BCUT2D eigenvalue weighted by Crippen LogP contribution is 2.38. The summed E-state index contributed by atoms with van der Waals surface area (Å²) in [5.41, 5.74) is 3.13. The second kappa shape index (κ2) is 5.85. The summed E-state index contributed by atoms with van der Waals surface area (Å²) in [5, 5.41) is 2.97. The minimum absolute atomic E-state index is 0.0363. The van der Waals surface area contributed by atoms with Crippen LogP contribution in [0, 0.1) is 13.8 Å². The summed E-state index contributed by atoms with van der Waals surface area (Å²) in [6.45, 7) is 4.78. The Morgan fingerprint density at radius 1 is 1.38 bits per heavy atom. The van der Waals surface area contributed by atoms with Gasteiger partial charge in [-0.3, -0.25) is 0 Å². The van der Waals surface area contributed by atoms with Crippen LogP contribution in [-0.2, 0) is 0 Å². The highest BCUT2D eigenvalue weighted by molar-refractivity contribution is 7.99. The number of furan rings is 1. The molecule has 1 atom stereocenters. The minimum Gasteiger partial charge on any atom is -0.466 e. The first-order valence-corrected chi connectivity index (χ1v) is 8.00. The number of carbonyl (C=O) groups is 1. The van der Waals surface area contributed by atoms with E-state index in [0.29, 0.717) is 0 Å². The standard InChI is InChI=1S/C16H18N2O2S/c1-11-5-6-13(12(2)10-11)17-16(19)18-7-9-21-15(18)14-4-3-8-20-14/h3-6,8,10,15H,7,9H2,1-2H3,(H,17,19). The quantitative estimate of drug-likeness (QED) is 0.905. The Hall–Kier alpha value is -1.88. The van der Waals surface area contributed by atoms with E-state index in [2.05, 4.69) is 11.4 Å². The molecule has 5 heteroatoms. The number of rotatable bonds is 2. The van der Waals surface area contributed by atoms with Gasteiger partial charge in [0.15, 0.2) is 0 Å². The summed E-state index contributed by atoms with van der Waals surface area (Å²) in [6.07, 6.45) is 1.65. The van der Waals surface area contributed by atoms with Crippen molar-refractivity contribution in [1.82, 2.24) is 4.90 Å². The van der Waals surface area contributed by atoms with Crippen molar-refractivity contribution in [3.05, 3.63) is 53.5 Å². The van der Waals surface area contributed by atoms with E-state index in [1.54, 1.807) is 18.0 Å². The highest BCUT2D eigenvalue weighted by atomic mass is 32.2.